The van der Waals surface area contributed by atoms with E-state index < -0.39 is 11.6 Å². The van der Waals surface area contributed by atoms with Crippen molar-refractivity contribution in [2.45, 2.75) is 45.3 Å². The first-order valence-corrected chi connectivity index (χ1v) is 8.70. The van der Waals surface area contributed by atoms with E-state index in [4.69, 9.17) is 21.1 Å². The Morgan fingerprint density at radius 1 is 1.24 bits per heavy atom. The van der Waals surface area contributed by atoms with Crippen LogP contribution in [0, 0.1) is 0 Å². The second kappa shape index (κ2) is 7.95. The minimum atomic E-state index is -0.495. The molecule has 0 saturated carbocycles. The Morgan fingerprint density at radius 3 is 2.44 bits per heavy atom. The van der Waals surface area contributed by atoms with Crippen molar-refractivity contribution < 1.29 is 19.1 Å². The summed E-state index contributed by atoms with van der Waals surface area (Å²) in [5.74, 6) is -0.434. The second-order valence-corrected chi connectivity index (χ2v) is 7.50. The van der Waals surface area contributed by atoms with Crippen molar-refractivity contribution in [1.29, 1.82) is 0 Å². The van der Waals surface area contributed by atoms with E-state index in [1.165, 1.54) is 7.11 Å². The third-order valence-corrected chi connectivity index (χ3v) is 4.13. The molecular weight excluding hydrogens is 344 g/mol. The minimum absolute atomic E-state index is 0.156. The second-order valence-electron chi connectivity index (χ2n) is 7.07. The number of rotatable bonds is 3. The summed E-state index contributed by atoms with van der Waals surface area (Å²) < 4.78 is 10.2. The van der Waals surface area contributed by atoms with Crippen LogP contribution in [0.25, 0.3) is 0 Å². The summed E-state index contributed by atoms with van der Waals surface area (Å²) in [7, 11) is 1.34. The molecule has 0 atom stereocenters. The van der Waals surface area contributed by atoms with Gasteiger partial charge in [-0.1, -0.05) is 11.6 Å². The third-order valence-electron chi connectivity index (χ3n) is 3.89. The van der Waals surface area contributed by atoms with E-state index in [-0.39, 0.29) is 12.1 Å². The van der Waals surface area contributed by atoms with E-state index in [1.54, 1.807) is 23.1 Å². The molecule has 6 nitrogen and oxygen atoms in total. The van der Waals surface area contributed by atoms with Crippen LogP contribution in [0.1, 0.15) is 44.0 Å². The fourth-order valence-electron chi connectivity index (χ4n) is 2.67. The number of nitrogens with zero attached hydrogens (tertiary/aromatic N) is 1. The van der Waals surface area contributed by atoms with Crippen LogP contribution in [0.15, 0.2) is 18.2 Å². The Kier molecular flexibility index (Phi) is 6.16. The number of esters is 1. The van der Waals surface area contributed by atoms with Gasteiger partial charge in [-0.05, 0) is 51.8 Å². The van der Waals surface area contributed by atoms with Gasteiger partial charge in [0.05, 0.1) is 12.7 Å². The maximum absolute atomic E-state index is 12.1. The molecule has 0 radical (unpaired) electrons. The lowest BCUT2D eigenvalue weighted by atomic mass is 10.0. The highest BCUT2D eigenvalue weighted by Crippen LogP contribution is 2.25. The highest BCUT2D eigenvalue weighted by atomic mass is 35.5. The largest absolute Gasteiger partial charge is 0.465 e. The molecule has 0 bridgehead atoms. The number of benzene rings is 1. The van der Waals surface area contributed by atoms with Crippen molar-refractivity contribution in [2.24, 2.45) is 0 Å². The number of hydrogen-bond acceptors (Lipinski definition) is 5. The van der Waals surface area contributed by atoms with Crippen molar-refractivity contribution in [3.8, 4) is 0 Å². The van der Waals surface area contributed by atoms with Crippen LogP contribution in [0.3, 0.4) is 0 Å². The van der Waals surface area contributed by atoms with Crippen LogP contribution in [0.4, 0.5) is 10.5 Å². The van der Waals surface area contributed by atoms with Crippen LogP contribution in [-0.4, -0.2) is 48.8 Å². The standard InChI is InChI=1S/C18H25ClN2O4/c1-18(2,3)25-17(23)21-9-7-13(8-10-21)20-15-6-5-12(19)11-14(15)16(22)24-4/h5-6,11,13,20H,7-10H2,1-4H3. The molecule has 1 heterocycles. The first-order valence-electron chi connectivity index (χ1n) is 8.32. The monoisotopic (exact) mass is 368 g/mol. The number of hydrogen-bond donors (Lipinski definition) is 1. The molecular formula is C18H25ClN2O4. The maximum atomic E-state index is 12.1. The molecule has 138 valence electrons. The van der Waals surface area contributed by atoms with Gasteiger partial charge in [-0.15, -0.1) is 0 Å². The molecule has 1 aromatic carbocycles. The minimum Gasteiger partial charge on any atom is -0.465 e. The molecule has 1 aromatic rings. The van der Waals surface area contributed by atoms with Gasteiger partial charge in [-0.3, -0.25) is 0 Å². The van der Waals surface area contributed by atoms with E-state index in [0.29, 0.717) is 29.4 Å². The Hall–Kier alpha value is -1.95. The van der Waals surface area contributed by atoms with E-state index in [2.05, 4.69) is 5.32 Å². The number of amides is 1. The van der Waals surface area contributed by atoms with Crippen molar-refractivity contribution in [3.63, 3.8) is 0 Å². The number of nitrogens with one attached hydrogen (secondary N) is 1. The zero-order chi connectivity index (χ0) is 18.6. The number of carbonyl (C=O) groups is 2. The van der Waals surface area contributed by atoms with E-state index >= 15 is 0 Å². The van der Waals surface area contributed by atoms with E-state index in [9.17, 15) is 9.59 Å². The average Bonchev–Trinajstić information content (AvgIpc) is 2.54. The first-order chi connectivity index (χ1) is 11.7. The summed E-state index contributed by atoms with van der Waals surface area (Å²) in [5, 5.41) is 3.84. The smallest absolute Gasteiger partial charge is 0.410 e. The van der Waals surface area contributed by atoms with E-state index in [1.807, 2.05) is 20.8 Å². The molecule has 1 amide bonds. The zero-order valence-electron chi connectivity index (χ0n) is 15.1. The summed E-state index contributed by atoms with van der Waals surface area (Å²) in [6.45, 7) is 6.78. The predicted molar refractivity (Wildman–Crippen MR) is 97.2 cm³/mol. The molecule has 2 rings (SSSR count). The van der Waals surface area contributed by atoms with Gasteiger partial charge in [0.15, 0.2) is 0 Å². The molecule has 1 aliphatic heterocycles. The topological polar surface area (TPSA) is 67.9 Å². The summed E-state index contributed by atoms with van der Waals surface area (Å²) in [5.41, 5.74) is 0.599. The number of ether oxygens (including phenoxy) is 2. The molecule has 7 heteroatoms. The Labute approximate surface area is 153 Å². The summed E-state index contributed by atoms with van der Waals surface area (Å²) >= 11 is 5.97. The van der Waals surface area contributed by atoms with Gasteiger partial charge < -0.3 is 19.7 Å². The lowest BCUT2D eigenvalue weighted by Crippen LogP contribution is -2.44. The van der Waals surface area contributed by atoms with Crippen LogP contribution in [-0.2, 0) is 9.47 Å². The van der Waals surface area contributed by atoms with E-state index in [0.717, 1.165) is 12.8 Å². The van der Waals surface area contributed by atoms with Gasteiger partial charge in [-0.2, -0.15) is 0 Å². The van der Waals surface area contributed by atoms with Crippen molar-refractivity contribution >= 4 is 29.4 Å². The average molecular weight is 369 g/mol. The van der Waals surface area contributed by atoms with Crippen molar-refractivity contribution in [2.75, 3.05) is 25.5 Å². The Balaban J connectivity index is 1.97. The lowest BCUT2D eigenvalue weighted by Gasteiger charge is -2.34. The fourth-order valence-corrected chi connectivity index (χ4v) is 2.85. The molecule has 1 aliphatic rings. The van der Waals surface area contributed by atoms with Crippen LogP contribution in [0.2, 0.25) is 5.02 Å². The number of methoxy groups -OCH3 is 1. The van der Waals surface area contributed by atoms with Gasteiger partial charge in [0, 0.05) is 29.8 Å². The first kappa shape index (κ1) is 19.4. The molecule has 25 heavy (non-hydrogen) atoms. The SMILES string of the molecule is COC(=O)c1cc(Cl)ccc1NC1CCN(C(=O)OC(C)(C)C)CC1. The Morgan fingerprint density at radius 2 is 1.88 bits per heavy atom. The molecule has 1 N–H and O–H groups in total. The molecule has 0 aromatic heterocycles. The van der Waals surface area contributed by atoms with Crippen LogP contribution < -0.4 is 5.32 Å². The number of piperidine rings is 1. The number of anilines is 1. The molecule has 1 saturated heterocycles. The van der Waals surface area contributed by atoms with Crippen molar-refractivity contribution in [1.82, 2.24) is 4.90 Å². The fraction of sp³-hybridized carbons (Fsp3) is 0.556. The molecule has 1 fully saturated rings. The summed E-state index contributed by atoms with van der Waals surface area (Å²) in [6.07, 6.45) is 1.25. The lowest BCUT2D eigenvalue weighted by molar-refractivity contribution is 0.0210. The van der Waals surface area contributed by atoms with Crippen molar-refractivity contribution in [3.05, 3.63) is 28.8 Å². The molecule has 0 unspecified atom stereocenters. The van der Waals surface area contributed by atoms with Gasteiger partial charge in [-0.25, -0.2) is 9.59 Å². The zero-order valence-corrected chi connectivity index (χ0v) is 15.9. The highest BCUT2D eigenvalue weighted by Gasteiger charge is 2.27. The summed E-state index contributed by atoms with van der Waals surface area (Å²) in [4.78, 5) is 25.7. The van der Waals surface area contributed by atoms with Gasteiger partial charge in [0.25, 0.3) is 0 Å². The van der Waals surface area contributed by atoms with Gasteiger partial charge in [0.2, 0.25) is 0 Å². The maximum Gasteiger partial charge on any atom is 0.410 e. The third kappa shape index (κ3) is 5.53. The predicted octanol–water partition coefficient (Wildman–Crippen LogP) is 3.94. The highest BCUT2D eigenvalue weighted by molar-refractivity contribution is 6.31. The van der Waals surface area contributed by atoms with Crippen LogP contribution in [0.5, 0.6) is 0 Å². The molecule has 0 aliphatic carbocycles. The summed E-state index contributed by atoms with van der Waals surface area (Å²) in [6, 6.07) is 5.25. The van der Waals surface area contributed by atoms with Crippen LogP contribution >= 0.6 is 11.6 Å². The number of carbonyl (C=O) groups excluding carboxylic acids is 2. The van der Waals surface area contributed by atoms with Gasteiger partial charge in [0.1, 0.15) is 5.60 Å². The Bertz CT molecular complexity index is 634. The normalized spacial score (nSPS) is 15.6. The molecule has 0 spiro atoms. The quantitative estimate of drug-likeness (QED) is 0.818. The number of halogens is 1. The number of likely N-dealkylation sites (tertiary alicyclic amines) is 1. The van der Waals surface area contributed by atoms with Gasteiger partial charge >= 0.3 is 12.1 Å².